The Labute approximate surface area is 109 Å². The fourth-order valence-electron chi connectivity index (χ4n) is 1.72. The van der Waals surface area contributed by atoms with Gasteiger partial charge in [-0.1, -0.05) is 18.2 Å². The Morgan fingerprint density at radius 1 is 1.17 bits per heavy atom. The van der Waals surface area contributed by atoms with Gasteiger partial charge in [0.15, 0.2) is 0 Å². The van der Waals surface area contributed by atoms with Gasteiger partial charge in [-0.25, -0.2) is 0 Å². The quantitative estimate of drug-likeness (QED) is 0.793. The van der Waals surface area contributed by atoms with Crippen molar-refractivity contribution in [2.45, 2.75) is 12.8 Å². The van der Waals surface area contributed by atoms with Gasteiger partial charge in [0.25, 0.3) is 0 Å². The molecule has 1 aromatic rings. The van der Waals surface area contributed by atoms with Gasteiger partial charge in [-0.15, -0.1) is 0 Å². The number of rotatable bonds is 7. The van der Waals surface area contributed by atoms with Gasteiger partial charge in [0.05, 0.1) is 0 Å². The summed E-state index contributed by atoms with van der Waals surface area (Å²) in [6, 6.07) is 10.1. The first-order valence-electron chi connectivity index (χ1n) is 6.35. The zero-order chi connectivity index (χ0) is 13.4. The third-order valence-corrected chi connectivity index (χ3v) is 2.98. The van der Waals surface area contributed by atoms with Gasteiger partial charge >= 0.3 is 0 Å². The van der Waals surface area contributed by atoms with Crippen LogP contribution in [-0.2, 0) is 4.79 Å². The summed E-state index contributed by atoms with van der Waals surface area (Å²) in [5, 5.41) is 0. The molecule has 0 saturated carbocycles. The van der Waals surface area contributed by atoms with Crippen LogP contribution in [0.5, 0.6) is 0 Å². The van der Waals surface area contributed by atoms with Crippen LogP contribution < -0.4 is 10.6 Å². The van der Waals surface area contributed by atoms with Gasteiger partial charge in [0, 0.05) is 39.3 Å². The second-order valence-electron chi connectivity index (χ2n) is 4.46. The fraction of sp³-hybridized carbons (Fsp3) is 0.500. The largest absolute Gasteiger partial charge is 0.374 e. The molecule has 2 N–H and O–H groups in total. The minimum atomic E-state index is 0.172. The van der Waals surface area contributed by atoms with Crippen LogP contribution in [0.2, 0.25) is 0 Å². The van der Waals surface area contributed by atoms with Crippen molar-refractivity contribution in [3.05, 3.63) is 30.3 Å². The van der Waals surface area contributed by atoms with Crippen molar-refractivity contribution >= 4 is 11.6 Å². The van der Waals surface area contributed by atoms with E-state index in [1.54, 1.807) is 4.90 Å². The average Bonchev–Trinajstić information content (AvgIpc) is 2.42. The molecular weight excluding hydrogens is 226 g/mol. The van der Waals surface area contributed by atoms with E-state index < -0.39 is 0 Å². The molecule has 4 heteroatoms. The molecule has 4 nitrogen and oxygen atoms in total. The molecule has 1 rings (SSSR count). The van der Waals surface area contributed by atoms with Gasteiger partial charge < -0.3 is 15.5 Å². The molecule has 18 heavy (non-hydrogen) atoms. The minimum Gasteiger partial charge on any atom is -0.374 e. The van der Waals surface area contributed by atoms with Crippen LogP contribution in [0.4, 0.5) is 5.69 Å². The summed E-state index contributed by atoms with van der Waals surface area (Å²) >= 11 is 0. The van der Waals surface area contributed by atoms with E-state index in [-0.39, 0.29) is 5.91 Å². The third kappa shape index (κ3) is 4.75. The van der Waals surface area contributed by atoms with Gasteiger partial charge in [-0.3, -0.25) is 4.79 Å². The van der Waals surface area contributed by atoms with Crippen molar-refractivity contribution in [2.75, 3.05) is 38.6 Å². The lowest BCUT2D eigenvalue weighted by Crippen LogP contribution is -2.32. The maximum Gasteiger partial charge on any atom is 0.224 e. The smallest absolute Gasteiger partial charge is 0.224 e. The lowest BCUT2D eigenvalue weighted by atomic mass is 10.2. The summed E-state index contributed by atoms with van der Waals surface area (Å²) < 4.78 is 0. The first-order chi connectivity index (χ1) is 8.65. The molecule has 0 aromatic heterocycles. The summed E-state index contributed by atoms with van der Waals surface area (Å²) in [4.78, 5) is 15.7. The van der Waals surface area contributed by atoms with Crippen molar-refractivity contribution < 1.29 is 4.79 Å². The number of hydrogen-bond acceptors (Lipinski definition) is 3. The van der Waals surface area contributed by atoms with E-state index in [2.05, 4.69) is 4.90 Å². The molecule has 0 aliphatic heterocycles. The van der Waals surface area contributed by atoms with Crippen LogP contribution in [0, 0.1) is 0 Å². The highest BCUT2D eigenvalue weighted by molar-refractivity contribution is 5.76. The predicted molar refractivity (Wildman–Crippen MR) is 75.6 cm³/mol. The zero-order valence-electron chi connectivity index (χ0n) is 11.3. The number of amides is 1. The van der Waals surface area contributed by atoms with Gasteiger partial charge in [0.2, 0.25) is 5.91 Å². The molecule has 0 aliphatic carbocycles. The summed E-state index contributed by atoms with van der Waals surface area (Å²) in [5.41, 5.74) is 6.56. The minimum absolute atomic E-state index is 0.172. The number of nitrogens with two attached hydrogens (primary N) is 1. The number of hydrogen-bond donors (Lipinski definition) is 1. The predicted octanol–water partition coefficient (Wildman–Crippen LogP) is 1.32. The Bertz CT molecular complexity index is 353. The summed E-state index contributed by atoms with van der Waals surface area (Å²) in [5.74, 6) is 0.172. The molecule has 1 aromatic carbocycles. The first kappa shape index (κ1) is 14.5. The second-order valence-corrected chi connectivity index (χ2v) is 4.46. The lowest BCUT2D eigenvalue weighted by molar-refractivity contribution is -0.129. The highest BCUT2D eigenvalue weighted by Gasteiger charge is 2.09. The molecule has 0 bridgehead atoms. The van der Waals surface area contributed by atoms with Crippen LogP contribution in [0.3, 0.4) is 0 Å². The maximum atomic E-state index is 11.8. The van der Waals surface area contributed by atoms with Gasteiger partial charge in [0.1, 0.15) is 0 Å². The highest BCUT2D eigenvalue weighted by Crippen LogP contribution is 2.11. The van der Waals surface area contributed by atoms with Crippen LogP contribution in [-0.4, -0.2) is 44.5 Å². The molecule has 0 spiro atoms. The Morgan fingerprint density at radius 3 is 2.44 bits per heavy atom. The zero-order valence-corrected chi connectivity index (χ0v) is 11.3. The molecule has 0 saturated heterocycles. The standard InChI is InChI=1S/C14H23N3O/c1-16(13-7-4-3-5-8-13)12-9-14(18)17(2)11-6-10-15/h3-5,7-8H,6,9-12,15H2,1-2H3. The van der Waals surface area contributed by atoms with Crippen molar-refractivity contribution in [1.82, 2.24) is 4.90 Å². The Morgan fingerprint density at radius 2 is 1.83 bits per heavy atom. The van der Waals surface area contributed by atoms with Crippen LogP contribution >= 0.6 is 0 Å². The number of anilines is 1. The van der Waals surface area contributed by atoms with E-state index >= 15 is 0 Å². The first-order valence-corrected chi connectivity index (χ1v) is 6.35. The normalized spacial score (nSPS) is 10.2. The molecule has 0 fully saturated rings. The summed E-state index contributed by atoms with van der Waals surface area (Å²) in [6.45, 7) is 2.10. The number of nitrogens with zero attached hydrogens (tertiary/aromatic N) is 2. The number of benzene rings is 1. The Kier molecular flexibility index (Phi) is 6.22. The molecule has 0 unspecified atom stereocenters. The molecule has 0 atom stereocenters. The lowest BCUT2D eigenvalue weighted by Gasteiger charge is -2.21. The van der Waals surface area contributed by atoms with Crippen molar-refractivity contribution in [3.63, 3.8) is 0 Å². The van der Waals surface area contributed by atoms with E-state index in [4.69, 9.17) is 5.73 Å². The summed E-state index contributed by atoms with van der Waals surface area (Å²) in [6.07, 6.45) is 1.39. The monoisotopic (exact) mass is 249 g/mol. The summed E-state index contributed by atoms with van der Waals surface area (Å²) in [7, 11) is 3.84. The molecule has 0 radical (unpaired) electrons. The van der Waals surface area contributed by atoms with Crippen molar-refractivity contribution in [2.24, 2.45) is 5.73 Å². The number of carbonyl (C=O) groups excluding carboxylic acids is 1. The Hall–Kier alpha value is -1.55. The maximum absolute atomic E-state index is 11.8. The average molecular weight is 249 g/mol. The van der Waals surface area contributed by atoms with Gasteiger partial charge in [-0.05, 0) is 25.1 Å². The van der Waals surface area contributed by atoms with Crippen LogP contribution in [0.15, 0.2) is 30.3 Å². The molecular formula is C14H23N3O. The molecule has 0 aliphatic rings. The fourth-order valence-corrected chi connectivity index (χ4v) is 1.72. The van der Waals surface area contributed by atoms with E-state index in [0.29, 0.717) is 13.0 Å². The van der Waals surface area contributed by atoms with E-state index in [9.17, 15) is 4.79 Å². The van der Waals surface area contributed by atoms with E-state index in [1.807, 2.05) is 44.4 Å². The van der Waals surface area contributed by atoms with E-state index in [0.717, 1.165) is 25.2 Å². The third-order valence-electron chi connectivity index (χ3n) is 2.98. The molecule has 100 valence electrons. The van der Waals surface area contributed by atoms with Crippen LogP contribution in [0.1, 0.15) is 12.8 Å². The Balaban J connectivity index is 2.34. The number of carbonyl (C=O) groups is 1. The SMILES string of the molecule is CN(CCCN)C(=O)CCN(C)c1ccccc1. The van der Waals surface area contributed by atoms with Gasteiger partial charge in [-0.2, -0.15) is 0 Å². The number of para-hydroxylation sites is 1. The molecule has 1 amide bonds. The second kappa shape index (κ2) is 7.71. The van der Waals surface area contributed by atoms with Crippen molar-refractivity contribution in [3.8, 4) is 0 Å². The topological polar surface area (TPSA) is 49.6 Å². The highest BCUT2D eigenvalue weighted by atomic mass is 16.2. The van der Waals surface area contributed by atoms with Crippen LogP contribution in [0.25, 0.3) is 0 Å². The van der Waals surface area contributed by atoms with Crippen molar-refractivity contribution in [1.29, 1.82) is 0 Å². The van der Waals surface area contributed by atoms with E-state index in [1.165, 1.54) is 0 Å². The molecule has 0 heterocycles.